The molecule has 0 saturated heterocycles. The smallest absolute Gasteiger partial charge is 0.259 e. The monoisotopic (exact) mass is 281 g/mol. The maximum Gasteiger partial charge on any atom is 0.259 e. The molecule has 6 heteroatoms. The lowest BCUT2D eigenvalue weighted by molar-refractivity contribution is 0.102. The van der Waals surface area contributed by atoms with E-state index >= 15 is 0 Å². The summed E-state index contributed by atoms with van der Waals surface area (Å²) in [6, 6.07) is 3.58. The molecule has 0 aliphatic carbocycles. The number of aryl methyl sites for hydroxylation is 2. The van der Waals surface area contributed by atoms with Crippen molar-refractivity contribution in [2.75, 3.05) is 5.32 Å². The second-order valence-corrected chi connectivity index (χ2v) is 4.94. The number of aromatic nitrogens is 2. The van der Waals surface area contributed by atoms with Crippen molar-refractivity contribution in [3.05, 3.63) is 40.2 Å². The summed E-state index contributed by atoms with van der Waals surface area (Å²) < 4.78 is 0. The standard InChI is InChI=1S/C12H12ClN3OS/c1-7-3-4-10(8(2)14-7)11(17)16-12-15-9(5-13)6-18-12/h3-4,6H,5H2,1-2H3,(H,15,16,17). The second kappa shape index (κ2) is 5.46. The third-order valence-electron chi connectivity index (χ3n) is 2.38. The van der Waals surface area contributed by atoms with Gasteiger partial charge in [-0.25, -0.2) is 4.98 Å². The van der Waals surface area contributed by atoms with E-state index in [-0.39, 0.29) is 5.91 Å². The summed E-state index contributed by atoms with van der Waals surface area (Å²) in [6.45, 7) is 3.70. The zero-order valence-corrected chi connectivity index (χ0v) is 11.6. The van der Waals surface area contributed by atoms with Gasteiger partial charge in [-0.05, 0) is 26.0 Å². The van der Waals surface area contributed by atoms with Crippen LogP contribution in [0.5, 0.6) is 0 Å². The maximum atomic E-state index is 12.0. The van der Waals surface area contributed by atoms with Crippen molar-refractivity contribution in [1.29, 1.82) is 0 Å². The molecule has 0 aromatic carbocycles. The lowest BCUT2D eigenvalue weighted by Crippen LogP contribution is -2.14. The molecule has 4 nitrogen and oxygen atoms in total. The Morgan fingerprint density at radius 3 is 2.78 bits per heavy atom. The second-order valence-electron chi connectivity index (χ2n) is 3.82. The van der Waals surface area contributed by atoms with Crippen LogP contribution in [-0.4, -0.2) is 15.9 Å². The molecule has 18 heavy (non-hydrogen) atoms. The molecule has 0 saturated carbocycles. The van der Waals surface area contributed by atoms with Crippen molar-refractivity contribution < 1.29 is 4.79 Å². The molecule has 0 fully saturated rings. The number of thiazole rings is 1. The Morgan fingerprint density at radius 2 is 2.17 bits per heavy atom. The minimum atomic E-state index is -0.199. The van der Waals surface area contributed by atoms with Crippen LogP contribution < -0.4 is 5.32 Å². The van der Waals surface area contributed by atoms with Gasteiger partial charge in [0.2, 0.25) is 0 Å². The third kappa shape index (κ3) is 2.86. The molecule has 0 aliphatic rings. The van der Waals surface area contributed by atoms with Crippen molar-refractivity contribution in [2.24, 2.45) is 0 Å². The molecule has 0 radical (unpaired) electrons. The predicted molar refractivity (Wildman–Crippen MR) is 73.3 cm³/mol. The Morgan fingerprint density at radius 1 is 1.39 bits per heavy atom. The lowest BCUT2D eigenvalue weighted by Gasteiger charge is -2.05. The van der Waals surface area contributed by atoms with E-state index in [1.54, 1.807) is 6.07 Å². The number of amides is 1. The Balaban J connectivity index is 2.16. The van der Waals surface area contributed by atoms with Crippen LogP contribution in [0.4, 0.5) is 5.13 Å². The highest BCUT2D eigenvalue weighted by Gasteiger charge is 2.12. The summed E-state index contributed by atoms with van der Waals surface area (Å²) in [4.78, 5) is 20.5. The van der Waals surface area contributed by atoms with Gasteiger partial charge < -0.3 is 0 Å². The molecule has 0 atom stereocenters. The van der Waals surface area contributed by atoms with E-state index in [9.17, 15) is 4.79 Å². The van der Waals surface area contributed by atoms with Gasteiger partial charge in [-0.15, -0.1) is 22.9 Å². The average Bonchev–Trinajstić information content (AvgIpc) is 2.76. The number of hydrogen-bond donors (Lipinski definition) is 1. The minimum absolute atomic E-state index is 0.199. The van der Waals surface area contributed by atoms with Crippen LogP contribution in [0.15, 0.2) is 17.5 Å². The van der Waals surface area contributed by atoms with Crippen LogP contribution in [-0.2, 0) is 5.88 Å². The first-order valence-corrected chi connectivity index (χ1v) is 6.77. The van der Waals surface area contributed by atoms with Crippen molar-refractivity contribution in [1.82, 2.24) is 9.97 Å². The van der Waals surface area contributed by atoms with E-state index in [0.717, 1.165) is 11.4 Å². The predicted octanol–water partition coefficient (Wildman–Crippen LogP) is 3.15. The van der Waals surface area contributed by atoms with E-state index in [1.807, 2.05) is 25.3 Å². The fraction of sp³-hybridized carbons (Fsp3) is 0.250. The SMILES string of the molecule is Cc1ccc(C(=O)Nc2nc(CCl)cs2)c(C)n1. The molecule has 2 heterocycles. The van der Waals surface area contributed by atoms with Crippen molar-refractivity contribution in [2.45, 2.75) is 19.7 Å². The summed E-state index contributed by atoms with van der Waals surface area (Å²) in [7, 11) is 0. The highest BCUT2D eigenvalue weighted by atomic mass is 35.5. The van der Waals surface area contributed by atoms with Crippen LogP contribution >= 0.6 is 22.9 Å². The molecule has 2 rings (SSSR count). The van der Waals surface area contributed by atoms with Gasteiger partial charge in [0.05, 0.1) is 22.8 Å². The molecule has 94 valence electrons. The molecular formula is C12H12ClN3OS. The number of carbonyl (C=O) groups excluding carboxylic acids is 1. The van der Waals surface area contributed by atoms with Crippen molar-refractivity contribution >= 4 is 34.0 Å². The Labute approximate surface area is 114 Å². The number of carbonyl (C=O) groups is 1. The summed E-state index contributed by atoms with van der Waals surface area (Å²) in [5, 5.41) is 5.12. The largest absolute Gasteiger partial charge is 0.298 e. The van der Waals surface area contributed by atoms with Gasteiger partial charge in [-0.2, -0.15) is 0 Å². The number of pyridine rings is 1. The van der Waals surface area contributed by atoms with Gasteiger partial charge >= 0.3 is 0 Å². The van der Waals surface area contributed by atoms with E-state index in [2.05, 4.69) is 15.3 Å². The molecule has 0 spiro atoms. The Kier molecular flexibility index (Phi) is 3.93. The maximum absolute atomic E-state index is 12.0. The van der Waals surface area contributed by atoms with Crippen LogP contribution in [0, 0.1) is 13.8 Å². The third-order valence-corrected chi connectivity index (χ3v) is 3.46. The molecule has 0 aliphatic heterocycles. The molecule has 0 bridgehead atoms. The fourth-order valence-corrected chi connectivity index (χ4v) is 2.45. The van der Waals surface area contributed by atoms with Crippen LogP contribution in [0.25, 0.3) is 0 Å². The summed E-state index contributed by atoms with van der Waals surface area (Å²) in [5.41, 5.74) is 2.92. The quantitative estimate of drug-likeness (QED) is 0.880. The van der Waals surface area contributed by atoms with E-state index in [1.165, 1.54) is 11.3 Å². The number of hydrogen-bond acceptors (Lipinski definition) is 4. The van der Waals surface area contributed by atoms with Crippen LogP contribution in [0.2, 0.25) is 0 Å². The normalized spacial score (nSPS) is 10.4. The van der Waals surface area contributed by atoms with Crippen molar-refractivity contribution in [3.8, 4) is 0 Å². The first-order valence-electron chi connectivity index (χ1n) is 5.36. The lowest BCUT2D eigenvalue weighted by atomic mass is 10.2. The van der Waals surface area contributed by atoms with E-state index < -0.39 is 0 Å². The highest BCUT2D eigenvalue weighted by molar-refractivity contribution is 7.14. The molecule has 2 aromatic heterocycles. The number of nitrogens with zero attached hydrogens (tertiary/aromatic N) is 2. The molecule has 1 amide bonds. The Hall–Kier alpha value is -1.46. The summed E-state index contributed by atoms with van der Waals surface area (Å²) in [6.07, 6.45) is 0. The van der Waals surface area contributed by atoms with Gasteiger partial charge in [0.15, 0.2) is 5.13 Å². The fourth-order valence-electron chi connectivity index (χ4n) is 1.52. The van der Waals surface area contributed by atoms with E-state index in [4.69, 9.17) is 11.6 Å². The van der Waals surface area contributed by atoms with Gasteiger partial charge in [0, 0.05) is 11.1 Å². The highest BCUT2D eigenvalue weighted by Crippen LogP contribution is 2.18. The number of anilines is 1. The molecule has 0 unspecified atom stereocenters. The van der Waals surface area contributed by atoms with E-state index in [0.29, 0.717) is 22.3 Å². The number of rotatable bonds is 3. The van der Waals surface area contributed by atoms with Crippen molar-refractivity contribution in [3.63, 3.8) is 0 Å². The van der Waals surface area contributed by atoms with Gasteiger partial charge in [0.25, 0.3) is 5.91 Å². The molecule has 1 N–H and O–H groups in total. The van der Waals surface area contributed by atoms with Crippen LogP contribution in [0.1, 0.15) is 27.4 Å². The number of halogens is 1. The average molecular weight is 282 g/mol. The minimum Gasteiger partial charge on any atom is -0.298 e. The first-order chi connectivity index (χ1) is 8.60. The summed E-state index contributed by atoms with van der Waals surface area (Å²) in [5.74, 6) is 0.146. The molecular weight excluding hydrogens is 270 g/mol. The number of nitrogens with one attached hydrogen (secondary N) is 1. The van der Waals surface area contributed by atoms with Gasteiger partial charge in [-0.1, -0.05) is 0 Å². The zero-order chi connectivity index (χ0) is 13.1. The topological polar surface area (TPSA) is 54.9 Å². The Bertz CT molecular complexity index is 582. The van der Waals surface area contributed by atoms with Gasteiger partial charge in [0.1, 0.15) is 0 Å². The zero-order valence-electron chi connectivity index (χ0n) is 10.0. The first kappa shape index (κ1) is 13.0. The molecule has 2 aromatic rings. The number of alkyl halides is 1. The summed E-state index contributed by atoms with van der Waals surface area (Å²) >= 11 is 7.02. The van der Waals surface area contributed by atoms with Crippen LogP contribution in [0.3, 0.4) is 0 Å². The van der Waals surface area contributed by atoms with Gasteiger partial charge in [-0.3, -0.25) is 15.1 Å².